The van der Waals surface area contributed by atoms with Crippen LogP contribution in [0.5, 0.6) is 0 Å². The van der Waals surface area contributed by atoms with Gasteiger partial charge in [-0.3, -0.25) is 0 Å². The standard InChI is InChI=1S/C12H13BrN2O2S2/c13-10-5-11(18-8-10)7-15-19(16,17)12-4-2-1-3-9(12)6-14/h1-5,8,15H,6-7,14H2. The molecule has 1 aromatic heterocycles. The van der Waals surface area contributed by atoms with E-state index in [1.807, 2.05) is 11.4 Å². The minimum absolute atomic E-state index is 0.196. The van der Waals surface area contributed by atoms with Crippen LogP contribution in [0.1, 0.15) is 10.4 Å². The maximum absolute atomic E-state index is 12.2. The van der Waals surface area contributed by atoms with Crippen LogP contribution in [-0.4, -0.2) is 8.42 Å². The molecule has 0 unspecified atom stereocenters. The van der Waals surface area contributed by atoms with Crippen LogP contribution >= 0.6 is 27.3 Å². The molecule has 2 aromatic rings. The maximum atomic E-state index is 12.2. The number of nitrogens with one attached hydrogen (secondary N) is 1. The van der Waals surface area contributed by atoms with Crippen molar-refractivity contribution in [3.63, 3.8) is 0 Å². The summed E-state index contributed by atoms with van der Waals surface area (Å²) in [6, 6.07) is 8.64. The first-order valence-electron chi connectivity index (χ1n) is 5.53. The van der Waals surface area contributed by atoms with Gasteiger partial charge < -0.3 is 5.73 Å². The Morgan fingerprint density at radius 3 is 2.68 bits per heavy atom. The molecular weight excluding hydrogens is 348 g/mol. The monoisotopic (exact) mass is 360 g/mol. The zero-order valence-electron chi connectivity index (χ0n) is 9.97. The van der Waals surface area contributed by atoms with Gasteiger partial charge in [0.1, 0.15) is 0 Å². The van der Waals surface area contributed by atoms with Crippen molar-refractivity contribution in [1.82, 2.24) is 4.72 Å². The molecule has 0 aliphatic carbocycles. The lowest BCUT2D eigenvalue weighted by molar-refractivity contribution is 0.580. The summed E-state index contributed by atoms with van der Waals surface area (Å²) in [6.07, 6.45) is 0. The number of hydrogen-bond donors (Lipinski definition) is 2. The Morgan fingerprint density at radius 2 is 2.05 bits per heavy atom. The van der Waals surface area contributed by atoms with Crippen LogP contribution in [0.2, 0.25) is 0 Å². The number of nitrogens with two attached hydrogens (primary N) is 1. The van der Waals surface area contributed by atoms with Gasteiger partial charge in [-0.1, -0.05) is 18.2 Å². The lowest BCUT2D eigenvalue weighted by atomic mass is 10.2. The molecule has 0 saturated carbocycles. The topological polar surface area (TPSA) is 72.2 Å². The molecule has 19 heavy (non-hydrogen) atoms. The molecule has 0 atom stereocenters. The van der Waals surface area contributed by atoms with Crippen LogP contribution in [0.4, 0.5) is 0 Å². The van der Waals surface area contributed by atoms with Crippen LogP contribution in [-0.2, 0) is 23.1 Å². The zero-order chi connectivity index (χ0) is 13.9. The van der Waals surface area contributed by atoms with Crippen molar-refractivity contribution in [3.8, 4) is 0 Å². The number of rotatable bonds is 5. The van der Waals surface area contributed by atoms with Gasteiger partial charge in [-0.15, -0.1) is 11.3 Å². The molecule has 1 heterocycles. The van der Waals surface area contributed by atoms with Gasteiger partial charge in [0.15, 0.2) is 0 Å². The molecule has 4 nitrogen and oxygen atoms in total. The van der Waals surface area contributed by atoms with Gasteiger partial charge in [0.25, 0.3) is 0 Å². The highest BCUT2D eigenvalue weighted by Crippen LogP contribution is 2.20. The lowest BCUT2D eigenvalue weighted by Gasteiger charge is -2.09. The molecule has 0 aliphatic rings. The van der Waals surface area contributed by atoms with Gasteiger partial charge in [-0.25, -0.2) is 13.1 Å². The Morgan fingerprint density at radius 1 is 1.32 bits per heavy atom. The first-order valence-corrected chi connectivity index (χ1v) is 8.69. The summed E-state index contributed by atoms with van der Waals surface area (Å²) in [5.41, 5.74) is 6.17. The molecule has 0 fully saturated rings. The molecule has 0 radical (unpaired) electrons. The first-order chi connectivity index (χ1) is 9.03. The van der Waals surface area contributed by atoms with E-state index in [0.717, 1.165) is 9.35 Å². The number of hydrogen-bond acceptors (Lipinski definition) is 4. The molecule has 2 rings (SSSR count). The first kappa shape index (κ1) is 14.7. The summed E-state index contributed by atoms with van der Waals surface area (Å²) in [5, 5.41) is 1.91. The second-order valence-corrected chi connectivity index (χ2v) is 7.51. The van der Waals surface area contributed by atoms with Crippen molar-refractivity contribution >= 4 is 37.3 Å². The third kappa shape index (κ3) is 3.64. The van der Waals surface area contributed by atoms with E-state index < -0.39 is 10.0 Å². The van der Waals surface area contributed by atoms with Crippen LogP contribution < -0.4 is 10.5 Å². The van der Waals surface area contributed by atoms with E-state index in [-0.39, 0.29) is 18.0 Å². The predicted octanol–water partition coefficient (Wildman–Crippen LogP) is 2.45. The van der Waals surface area contributed by atoms with Gasteiger partial charge in [0.2, 0.25) is 10.0 Å². The average molecular weight is 361 g/mol. The minimum atomic E-state index is -3.53. The molecule has 102 valence electrons. The van der Waals surface area contributed by atoms with E-state index in [2.05, 4.69) is 20.7 Å². The highest BCUT2D eigenvalue weighted by atomic mass is 79.9. The minimum Gasteiger partial charge on any atom is -0.326 e. The second kappa shape index (κ2) is 6.15. The highest BCUT2D eigenvalue weighted by Gasteiger charge is 2.17. The van der Waals surface area contributed by atoms with Crippen molar-refractivity contribution in [3.05, 3.63) is 50.6 Å². The molecule has 0 aliphatic heterocycles. The smallest absolute Gasteiger partial charge is 0.241 e. The fourth-order valence-corrected chi connectivity index (χ4v) is 4.36. The predicted molar refractivity (Wildman–Crippen MR) is 80.4 cm³/mol. The van der Waals surface area contributed by atoms with Crippen molar-refractivity contribution in [2.75, 3.05) is 0 Å². The van der Waals surface area contributed by atoms with Gasteiger partial charge in [0, 0.05) is 27.8 Å². The van der Waals surface area contributed by atoms with Crippen LogP contribution in [0, 0.1) is 0 Å². The molecule has 0 bridgehead atoms. The summed E-state index contributed by atoms with van der Waals surface area (Å²) in [5.74, 6) is 0. The molecule has 0 spiro atoms. The molecular formula is C12H13BrN2O2S2. The molecule has 0 amide bonds. The van der Waals surface area contributed by atoms with Gasteiger partial charge in [0.05, 0.1) is 4.90 Å². The van der Waals surface area contributed by atoms with E-state index in [1.165, 1.54) is 11.3 Å². The summed E-state index contributed by atoms with van der Waals surface area (Å²) in [4.78, 5) is 1.19. The van der Waals surface area contributed by atoms with E-state index in [4.69, 9.17) is 5.73 Å². The van der Waals surface area contributed by atoms with E-state index in [1.54, 1.807) is 24.3 Å². The Balaban J connectivity index is 2.18. The normalized spacial score (nSPS) is 11.7. The summed E-state index contributed by atoms with van der Waals surface area (Å²) < 4.78 is 28.0. The second-order valence-electron chi connectivity index (χ2n) is 3.87. The Bertz CT molecular complexity index is 668. The van der Waals surface area contributed by atoms with E-state index in [9.17, 15) is 8.42 Å². The van der Waals surface area contributed by atoms with Gasteiger partial charge in [-0.2, -0.15) is 0 Å². The van der Waals surface area contributed by atoms with Crippen LogP contribution in [0.3, 0.4) is 0 Å². The quantitative estimate of drug-likeness (QED) is 0.859. The summed E-state index contributed by atoms with van der Waals surface area (Å²) in [6.45, 7) is 0.471. The lowest BCUT2D eigenvalue weighted by Crippen LogP contribution is -2.24. The van der Waals surface area contributed by atoms with Gasteiger partial charge >= 0.3 is 0 Å². The van der Waals surface area contributed by atoms with Crippen molar-refractivity contribution in [2.24, 2.45) is 5.73 Å². The fourth-order valence-electron chi connectivity index (χ4n) is 1.63. The SMILES string of the molecule is NCc1ccccc1S(=O)(=O)NCc1cc(Br)cs1. The molecule has 0 saturated heterocycles. The number of halogens is 1. The fraction of sp³-hybridized carbons (Fsp3) is 0.167. The van der Waals surface area contributed by atoms with Crippen molar-refractivity contribution < 1.29 is 8.42 Å². The average Bonchev–Trinajstić information content (AvgIpc) is 2.82. The Labute approximate surface area is 124 Å². The molecule has 3 N–H and O–H groups in total. The zero-order valence-corrected chi connectivity index (χ0v) is 13.2. The summed E-state index contributed by atoms with van der Waals surface area (Å²) >= 11 is 4.83. The number of sulfonamides is 1. The van der Waals surface area contributed by atoms with Crippen molar-refractivity contribution in [2.45, 2.75) is 18.0 Å². The number of thiophene rings is 1. The van der Waals surface area contributed by atoms with E-state index in [0.29, 0.717) is 5.56 Å². The highest BCUT2D eigenvalue weighted by molar-refractivity contribution is 9.10. The van der Waals surface area contributed by atoms with Crippen LogP contribution in [0.15, 0.2) is 45.1 Å². The Hall–Kier alpha value is -0.730. The molecule has 7 heteroatoms. The van der Waals surface area contributed by atoms with Crippen LogP contribution in [0.25, 0.3) is 0 Å². The molecule has 1 aromatic carbocycles. The summed E-state index contributed by atoms with van der Waals surface area (Å²) in [7, 11) is -3.53. The van der Waals surface area contributed by atoms with Gasteiger partial charge in [-0.05, 0) is 33.6 Å². The number of benzene rings is 1. The third-order valence-corrected chi connectivity index (χ3v) is 5.74. The third-order valence-electron chi connectivity index (χ3n) is 2.54. The van der Waals surface area contributed by atoms with Crippen molar-refractivity contribution in [1.29, 1.82) is 0 Å². The Kier molecular flexibility index (Phi) is 4.75. The largest absolute Gasteiger partial charge is 0.326 e. The van der Waals surface area contributed by atoms with E-state index >= 15 is 0 Å². The maximum Gasteiger partial charge on any atom is 0.241 e.